The standard InChI is InChI=1S/C20H28N2O2S/c1-2-3-4-5-6-13-19(23)22(15-16-10-9-14-24-16)20-21-17-11-7-8-12-18(17)25-20/h7-8,11-12,16H,2-6,9-10,13-15H2,1H3. The first-order valence-corrected chi connectivity index (χ1v) is 10.4. The summed E-state index contributed by atoms with van der Waals surface area (Å²) in [5.41, 5.74) is 0.968. The highest BCUT2D eigenvalue weighted by Gasteiger charge is 2.25. The highest BCUT2D eigenvalue weighted by Crippen LogP contribution is 2.30. The van der Waals surface area contributed by atoms with Crippen molar-refractivity contribution >= 4 is 32.6 Å². The Morgan fingerprint density at radius 2 is 2.12 bits per heavy atom. The van der Waals surface area contributed by atoms with Crippen LogP contribution in [0, 0.1) is 0 Å². The lowest BCUT2D eigenvalue weighted by molar-refractivity contribution is -0.119. The van der Waals surface area contributed by atoms with Crippen LogP contribution in [0.4, 0.5) is 5.13 Å². The van der Waals surface area contributed by atoms with Gasteiger partial charge in [-0.2, -0.15) is 0 Å². The van der Waals surface area contributed by atoms with Gasteiger partial charge in [0, 0.05) is 13.0 Å². The first-order chi connectivity index (χ1) is 12.3. The summed E-state index contributed by atoms with van der Waals surface area (Å²) in [6, 6.07) is 8.08. The Morgan fingerprint density at radius 1 is 1.28 bits per heavy atom. The molecule has 1 fully saturated rings. The molecule has 0 bridgehead atoms. The molecule has 1 amide bonds. The molecule has 3 rings (SSSR count). The number of rotatable bonds is 9. The van der Waals surface area contributed by atoms with E-state index in [2.05, 4.69) is 13.0 Å². The van der Waals surface area contributed by atoms with Crippen molar-refractivity contribution in [2.24, 2.45) is 0 Å². The normalized spacial score (nSPS) is 17.2. The molecule has 0 saturated carbocycles. The first kappa shape index (κ1) is 18.3. The van der Waals surface area contributed by atoms with Crippen molar-refractivity contribution in [1.82, 2.24) is 4.98 Å². The molecule has 0 radical (unpaired) electrons. The number of carbonyl (C=O) groups is 1. The third-order valence-electron chi connectivity index (χ3n) is 4.72. The monoisotopic (exact) mass is 360 g/mol. The number of carbonyl (C=O) groups excluding carboxylic acids is 1. The molecule has 0 N–H and O–H groups in total. The average Bonchev–Trinajstić information content (AvgIpc) is 3.28. The summed E-state index contributed by atoms with van der Waals surface area (Å²) < 4.78 is 6.90. The van der Waals surface area contributed by atoms with Gasteiger partial charge in [0.25, 0.3) is 0 Å². The molecule has 1 aliphatic heterocycles. The van der Waals surface area contributed by atoms with E-state index in [4.69, 9.17) is 9.72 Å². The maximum absolute atomic E-state index is 12.9. The third-order valence-corrected chi connectivity index (χ3v) is 5.78. The number of fused-ring (bicyclic) bond motifs is 1. The Labute approximate surface area is 154 Å². The van der Waals surface area contributed by atoms with Crippen LogP contribution in [0.25, 0.3) is 10.2 Å². The molecular formula is C20H28N2O2S. The van der Waals surface area contributed by atoms with Crippen molar-refractivity contribution in [3.63, 3.8) is 0 Å². The van der Waals surface area contributed by atoms with Crippen molar-refractivity contribution in [2.45, 2.75) is 64.4 Å². The van der Waals surface area contributed by atoms with Crippen molar-refractivity contribution in [2.75, 3.05) is 18.1 Å². The number of nitrogens with zero attached hydrogens (tertiary/aromatic N) is 2. The minimum Gasteiger partial charge on any atom is -0.376 e. The number of benzene rings is 1. The smallest absolute Gasteiger partial charge is 0.228 e. The zero-order valence-corrected chi connectivity index (χ0v) is 15.9. The summed E-state index contributed by atoms with van der Waals surface area (Å²) in [6.45, 7) is 3.65. The Hall–Kier alpha value is -1.46. The summed E-state index contributed by atoms with van der Waals surface area (Å²) >= 11 is 1.60. The molecule has 5 heteroatoms. The number of hydrogen-bond acceptors (Lipinski definition) is 4. The van der Waals surface area contributed by atoms with Crippen molar-refractivity contribution < 1.29 is 9.53 Å². The Bertz CT molecular complexity index is 646. The number of para-hydroxylation sites is 1. The van der Waals surface area contributed by atoms with Crippen molar-refractivity contribution in [1.29, 1.82) is 0 Å². The molecule has 2 heterocycles. The van der Waals surface area contributed by atoms with Crippen molar-refractivity contribution in [3.05, 3.63) is 24.3 Å². The summed E-state index contributed by atoms with van der Waals surface area (Å²) in [7, 11) is 0. The fourth-order valence-corrected chi connectivity index (χ4v) is 4.26. The second-order valence-corrected chi connectivity index (χ2v) is 7.78. The van der Waals surface area contributed by atoms with Gasteiger partial charge >= 0.3 is 0 Å². The van der Waals surface area contributed by atoms with Gasteiger partial charge in [-0.25, -0.2) is 4.98 Å². The minimum atomic E-state index is 0.149. The van der Waals surface area contributed by atoms with Gasteiger partial charge in [-0.15, -0.1) is 0 Å². The number of hydrogen-bond donors (Lipinski definition) is 0. The molecule has 1 aromatic carbocycles. The summed E-state index contributed by atoms with van der Waals surface area (Å²) in [4.78, 5) is 19.5. The van der Waals surface area contributed by atoms with Gasteiger partial charge in [-0.1, -0.05) is 56.1 Å². The maximum atomic E-state index is 12.9. The van der Waals surface area contributed by atoms with Gasteiger partial charge in [0.2, 0.25) is 5.91 Å². The van der Waals surface area contributed by atoms with Crippen LogP contribution in [-0.2, 0) is 9.53 Å². The fraction of sp³-hybridized carbons (Fsp3) is 0.600. The first-order valence-electron chi connectivity index (χ1n) is 9.55. The number of unbranched alkanes of at least 4 members (excludes halogenated alkanes) is 4. The third kappa shape index (κ3) is 5.02. The minimum absolute atomic E-state index is 0.149. The van der Waals surface area contributed by atoms with Crippen LogP contribution in [0.5, 0.6) is 0 Å². The molecular weight excluding hydrogens is 332 g/mol. The highest BCUT2D eigenvalue weighted by molar-refractivity contribution is 7.22. The zero-order valence-electron chi connectivity index (χ0n) is 15.1. The van der Waals surface area contributed by atoms with Gasteiger partial charge in [0.15, 0.2) is 5.13 Å². The number of amides is 1. The molecule has 25 heavy (non-hydrogen) atoms. The van der Waals surface area contributed by atoms with E-state index in [0.29, 0.717) is 13.0 Å². The number of anilines is 1. The van der Waals surface area contributed by atoms with E-state index in [-0.39, 0.29) is 12.0 Å². The van der Waals surface area contributed by atoms with Gasteiger partial charge in [-0.3, -0.25) is 9.69 Å². The number of thiazole rings is 1. The maximum Gasteiger partial charge on any atom is 0.228 e. The summed E-state index contributed by atoms with van der Waals surface area (Å²) in [5, 5.41) is 0.815. The van der Waals surface area contributed by atoms with E-state index >= 15 is 0 Å². The predicted molar refractivity (Wildman–Crippen MR) is 104 cm³/mol. The Kier molecular flexibility index (Phi) is 6.82. The van der Waals surface area contributed by atoms with Gasteiger partial charge < -0.3 is 4.74 Å². The van der Waals surface area contributed by atoms with Crippen LogP contribution >= 0.6 is 11.3 Å². The van der Waals surface area contributed by atoms with E-state index in [1.165, 1.54) is 19.3 Å². The molecule has 4 nitrogen and oxygen atoms in total. The number of aromatic nitrogens is 1. The number of ether oxygens (including phenoxy) is 1. The van der Waals surface area contributed by atoms with Gasteiger partial charge in [0.1, 0.15) is 0 Å². The van der Waals surface area contributed by atoms with E-state index in [0.717, 1.165) is 47.6 Å². The van der Waals surface area contributed by atoms with Crippen LogP contribution in [0.15, 0.2) is 24.3 Å². The molecule has 0 spiro atoms. The summed E-state index contributed by atoms with van der Waals surface area (Å²) in [5.74, 6) is 0.186. The van der Waals surface area contributed by atoms with Crippen LogP contribution in [0.2, 0.25) is 0 Å². The second-order valence-electron chi connectivity index (χ2n) is 6.77. The molecule has 2 aromatic rings. The van der Waals surface area contributed by atoms with Crippen molar-refractivity contribution in [3.8, 4) is 0 Å². The van der Waals surface area contributed by atoms with Crippen LogP contribution in [-0.4, -0.2) is 30.1 Å². The SMILES string of the molecule is CCCCCCCC(=O)N(CC1CCCO1)c1nc2ccccc2s1. The van der Waals surface area contributed by atoms with Crippen LogP contribution < -0.4 is 4.90 Å². The topological polar surface area (TPSA) is 42.4 Å². The Morgan fingerprint density at radius 3 is 2.88 bits per heavy atom. The van der Waals surface area contributed by atoms with E-state index < -0.39 is 0 Å². The quantitative estimate of drug-likeness (QED) is 0.579. The van der Waals surface area contributed by atoms with E-state index in [9.17, 15) is 4.79 Å². The summed E-state index contributed by atoms with van der Waals surface area (Å²) in [6.07, 6.45) is 8.67. The zero-order chi connectivity index (χ0) is 17.5. The lowest BCUT2D eigenvalue weighted by atomic mass is 10.1. The van der Waals surface area contributed by atoms with Crippen LogP contribution in [0.3, 0.4) is 0 Å². The largest absolute Gasteiger partial charge is 0.376 e. The van der Waals surface area contributed by atoms with E-state index in [1.54, 1.807) is 11.3 Å². The molecule has 1 unspecified atom stereocenters. The molecule has 1 aliphatic rings. The highest BCUT2D eigenvalue weighted by atomic mass is 32.1. The molecule has 1 atom stereocenters. The predicted octanol–water partition coefficient (Wildman–Crippen LogP) is 5.17. The molecule has 1 saturated heterocycles. The molecule has 0 aliphatic carbocycles. The second kappa shape index (κ2) is 9.30. The lowest BCUT2D eigenvalue weighted by Crippen LogP contribution is -2.37. The molecule has 1 aromatic heterocycles. The fourth-order valence-electron chi connectivity index (χ4n) is 3.27. The lowest BCUT2D eigenvalue weighted by Gasteiger charge is -2.23. The van der Waals surface area contributed by atoms with E-state index in [1.807, 2.05) is 23.1 Å². The molecule has 136 valence electrons. The van der Waals surface area contributed by atoms with Crippen LogP contribution in [0.1, 0.15) is 58.3 Å². The Balaban J connectivity index is 1.68. The van der Waals surface area contributed by atoms with Gasteiger partial charge in [-0.05, 0) is 31.4 Å². The van der Waals surface area contributed by atoms with Gasteiger partial charge in [0.05, 0.1) is 22.9 Å². The average molecular weight is 361 g/mol.